The summed E-state index contributed by atoms with van der Waals surface area (Å²) in [6.07, 6.45) is 3.39. The van der Waals surface area contributed by atoms with E-state index in [1.54, 1.807) is 36.7 Å². The molecule has 3 aromatic rings. The van der Waals surface area contributed by atoms with Gasteiger partial charge in [-0.25, -0.2) is 0 Å². The fraction of sp³-hybridized carbons (Fsp3) is 0.320. The predicted molar refractivity (Wildman–Crippen MR) is 135 cm³/mol. The molecule has 0 saturated carbocycles. The number of benzene rings is 2. The first-order chi connectivity index (χ1) is 15.2. The minimum absolute atomic E-state index is 0.00599. The second-order valence-corrected chi connectivity index (χ2v) is 10.5. The molecule has 8 heteroatoms. The third kappa shape index (κ3) is 6.92. The van der Waals surface area contributed by atoms with Crippen LogP contribution in [-0.2, 0) is 10.8 Å². The van der Waals surface area contributed by atoms with Crippen LogP contribution in [-0.4, -0.2) is 14.8 Å². The summed E-state index contributed by atoms with van der Waals surface area (Å²) >= 11 is 3.35. The molecule has 0 fully saturated rings. The molecule has 33 heavy (non-hydrogen) atoms. The molecule has 0 spiro atoms. The predicted octanol–water partition coefficient (Wildman–Crippen LogP) is 7.61. The van der Waals surface area contributed by atoms with Gasteiger partial charge in [0.05, 0.1) is 9.85 Å². The highest BCUT2D eigenvalue weighted by atomic mass is 79.9. The minimum Gasteiger partial charge on any atom is -0.265 e. The molecular weight excluding hydrogens is 486 g/mol. The Hall–Kier alpha value is -3.13. The average Bonchev–Trinajstić information content (AvgIpc) is 2.72. The lowest BCUT2D eigenvalue weighted by Crippen LogP contribution is -2.13. The van der Waals surface area contributed by atoms with Gasteiger partial charge >= 0.3 is 0 Å². The van der Waals surface area contributed by atoms with Crippen LogP contribution in [0.5, 0.6) is 0 Å². The summed E-state index contributed by atoms with van der Waals surface area (Å²) in [6, 6.07) is 13.6. The van der Waals surface area contributed by atoms with E-state index in [0.717, 1.165) is 26.7 Å². The van der Waals surface area contributed by atoms with Crippen molar-refractivity contribution < 1.29 is 9.85 Å². The van der Waals surface area contributed by atoms with E-state index >= 15 is 0 Å². The van der Waals surface area contributed by atoms with E-state index < -0.39 is 4.92 Å². The maximum Gasteiger partial charge on any atom is 0.270 e. The lowest BCUT2D eigenvalue weighted by molar-refractivity contribution is -0.385. The van der Waals surface area contributed by atoms with Gasteiger partial charge in [0.1, 0.15) is 0 Å². The molecule has 0 N–H and O–H groups in total. The number of nitrogens with zero attached hydrogens (tertiary/aromatic N) is 3. The van der Waals surface area contributed by atoms with Crippen LogP contribution < -0.4 is 0 Å². The van der Waals surface area contributed by atoms with Crippen LogP contribution in [0.15, 0.2) is 65.4 Å². The van der Waals surface area contributed by atoms with Crippen LogP contribution in [0.3, 0.4) is 0 Å². The lowest BCUT2D eigenvalue weighted by atomic mass is 9.82. The summed E-state index contributed by atoms with van der Waals surface area (Å²) in [6.45, 7) is 12.5. The normalized spacial score (nSPS) is 11.4. The van der Waals surface area contributed by atoms with Gasteiger partial charge in [-0.2, -0.15) is 0 Å². The number of hydrogen-bond acceptors (Lipinski definition) is 5. The van der Waals surface area contributed by atoms with Crippen molar-refractivity contribution in [3.8, 4) is 11.1 Å². The summed E-state index contributed by atoms with van der Waals surface area (Å²) in [5.41, 5.74) is 4.15. The van der Waals surface area contributed by atoms with E-state index in [1.807, 2.05) is 18.2 Å². The zero-order valence-corrected chi connectivity index (χ0v) is 21.2. The molecule has 7 nitrogen and oxygen atoms in total. The molecule has 0 amide bonds. The van der Waals surface area contributed by atoms with E-state index in [1.165, 1.54) is 6.07 Å². The van der Waals surface area contributed by atoms with E-state index in [9.17, 15) is 20.2 Å². The highest BCUT2D eigenvalue weighted by molar-refractivity contribution is 9.10. The number of nitro groups is 2. The summed E-state index contributed by atoms with van der Waals surface area (Å²) in [5, 5.41) is 21.4. The van der Waals surface area contributed by atoms with Gasteiger partial charge in [-0.15, -0.1) is 0 Å². The maximum absolute atomic E-state index is 10.9. The molecule has 0 aliphatic carbocycles. The molecule has 174 valence electrons. The van der Waals surface area contributed by atoms with Gasteiger partial charge < -0.3 is 0 Å². The average molecular weight is 514 g/mol. The van der Waals surface area contributed by atoms with Crippen molar-refractivity contribution in [2.45, 2.75) is 52.4 Å². The second-order valence-electron chi connectivity index (χ2n) is 9.64. The van der Waals surface area contributed by atoms with Crippen LogP contribution in [0, 0.1) is 20.2 Å². The Morgan fingerprint density at radius 3 is 1.61 bits per heavy atom. The molecule has 0 radical (unpaired) electrons. The topological polar surface area (TPSA) is 99.2 Å². The second kappa shape index (κ2) is 10.2. The van der Waals surface area contributed by atoms with Gasteiger partial charge in [-0.1, -0.05) is 69.6 Å². The van der Waals surface area contributed by atoms with Crippen molar-refractivity contribution >= 4 is 27.3 Å². The highest BCUT2D eigenvalue weighted by Gasteiger charge is 2.21. The Morgan fingerprint density at radius 2 is 1.18 bits per heavy atom. The van der Waals surface area contributed by atoms with Gasteiger partial charge in [0.2, 0.25) is 0 Å². The van der Waals surface area contributed by atoms with E-state index in [-0.39, 0.29) is 27.1 Å². The Labute approximate surface area is 202 Å². The molecule has 0 atom stereocenters. The molecule has 2 aromatic carbocycles. The molecule has 1 heterocycles. The summed E-state index contributed by atoms with van der Waals surface area (Å²) in [7, 11) is 0. The molecule has 0 bridgehead atoms. The van der Waals surface area contributed by atoms with Crippen molar-refractivity contribution in [2.75, 3.05) is 0 Å². The number of aromatic nitrogens is 1. The van der Waals surface area contributed by atoms with Crippen LogP contribution in [0.1, 0.15) is 52.7 Å². The summed E-state index contributed by atoms with van der Waals surface area (Å²) < 4.78 is 0.791. The standard InChI is InChI=1S/C15H16N2O2.C10H12BrNO2/c1-15(2,3)14-5-4-12(17(18)19)10-13(14)11-6-8-16-9-7-11;1-10(2,3)8-5-4-7(12(13)14)6-9(8)11/h4-10H,1-3H3;4-6H,1-3H3. The van der Waals surface area contributed by atoms with Gasteiger partial charge in [0.25, 0.3) is 11.4 Å². The molecular formula is C25H28BrN3O4. The van der Waals surface area contributed by atoms with Gasteiger partial charge in [0.15, 0.2) is 0 Å². The number of rotatable bonds is 3. The summed E-state index contributed by atoms with van der Waals surface area (Å²) in [5.74, 6) is 0. The third-order valence-corrected chi connectivity index (χ3v) is 5.64. The zero-order chi connectivity index (χ0) is 25.0. The maximum atomic E-state index is 10.9. The monoisotopic (exact) mass is 513 g/mol. The van der Waals surface area contributed by atoms with Crippen molar-refractivity contribution in [3.05, 3.63) is 96.8 Å². The number of nitro benzene ring substituents is 2. The molecule has 1 aromatic heterocycles. The fourth-order valence-corrected chi connectivity index (χ4v) is 4.26. The number of halogens is 1. The van der Waals surface area contributed by atoms with E-state index in [2.05, 4.69) is 62.5 Å². The number of non-ortho nitro benzene ring substituents is 2. The Balaban J connectivity index is 0.000000245. The quantitative estimate of drug-likeness (QED) is 0.265. The minimum atomic E-state index is -0.392. The molecule has 0 unspecified atom stereocenters. The Kier molecular flexibility index (Phi) is 8.08. The molecule has 0 saturated heterocycles. The lowest BCUT2D eigenvalue weighted by Gasteiger charge is -2.22. The first-order valence-corrected chi connectivity index (χ1v) is 11.1. The van der Waals surface area contributed by atoms with Gasteiger partial charge in [-0.05, 0) is 45.2 Å². The first kappa shape index (κ1) is 26.1. The smallest absolute Gasteiger partial charge is 0.265 e. The highest BCUT2D eigenvalue weighted by Crippen LogP contribution is 2.35. The first-order valence-electron chi connectivity index (χ1n) is 10.4. The van der Waals surface area contributed by atoms with Crippen LogP contribution in [0.25, 0.3) is 11.1 Å². The number of hydrogen-bond donors (Lipinski definition) is 0. The van der Waals surface area contributed by atoms with Gasteiger partial charge in [-0.3, -0.25) is 25.2 Å². The van der Waals surface area contributed by atoms with E-state index in [0.29, 0.717) is 0 Å². The fourth-order valence-electron chi connectivity index (χ4n) is 3.30. The van der Waals surface area contributed by atoms with Crippen LogP contribution >= 0.6 is 15.9 Å². The van der Waals surface area contributed by atoms with Crippen molar-refractivity contribution in [1.82, 2.24) is 4.98 Å². The van der Waals surface area contributed by atoms with Crippen LogP contribution in [0.4, 0.5) is 11.4 Å². The van der Waals surface area contributed by atoms with Gasteiger partial charge in [0, 0.05) is 41.1 Å². The Morgan fingerprint density at radius 1 is 0.727 bits per heavy atom. The zero-order valence-electron chi connectivity index (χ0n) is 19.6. The van der Waals surface area contributed by atoms with Crippen molar-refractivity contribution in [2.24, 2.45) is 0 Å². The SMILES string of the molecule is CC(C)(C)c1ccc([N+](=O)[O-])cc1-c1ccncc1.CC(C)(C)c1ccc([N+](=O)[O-])cc1Br. The summed E-state index contributed by atoms with van der Waals surface area (Å²) in [4.78, 5) is 24.7. The number of pyridine rings is 1. The largest absolute Gasteiger partial charge is 0.270 e. The van der Waals surface area contributed by atoms with Crippen molar-refractivity contribution in [1.29, 1.82) is 0 Å². The molecule has 0 aliphatic heterocycles. The molecule has 3 rings (SSSR count). The van der Waals surface area contributed by atoms with E-state index in [4.69, 9.17) is 0 Å². The Bertz CT molecular complexity index is 1150. The van der Waals surface area contributed by atoms with Crippen molar-refractivity contribution in [3.63, 3.8) is 0 Å². The third-order valence-electron chi connectivity index (χ3n) is 4.98. The molecule has 0 aliphatic rings. The van der Waals surface area contributed by atoms with Crippen LogP contribution in [0.2, 0.25) is 0 Å².